The lowest BCUT2D eigenvalue weighted by Crippen LogP contribution is -1.86. The van der Waals surface area contributed by atoms with Crippen LogP contribution in [0.4, 0.5) is 5.69 Å². The number of nitrogens with zero attached hydrogens (tertiary/aromatic N) is 1. The number of ether oxygens (including phenoxy) is 1. The predicted octanol–water partition coefficient (Wildman–Crippen LogP) is 2.11. The summed E-state index contributed by atoms with van der Waals surface area (Å²) in [4.78, 5) is 9.42. The third-order valence-corrected chi connectivity index (χ3v) is 2.37. The van der Waals surface area contributed by atoms with E-state index in [4.69, 9.17) is 25.2 Å². The summed E-state index contributed by atoms with van der Waals surface area (Å²) < 4.78 is 4.72. The fraction of sp³-hybridized carbons (Fsp3) is 0.0769. The van der Waals surface area contributed by atoms with Crippen molar-refractivity contribution >= 4 is 5.69 Å². The first kappa shape index (κ1) is 15.9. The van der Waals surface area contributed by atoms with Gasteiger partial charge in [0.1, 0.15) is 0 Å². The molecule has 0 aromatic heterocycles. The summed E-state index contributed by atoms with van der Waals surface area (Å²) in [5.74, 6) is -0.959. The van der Waals surface area contributed by atoms with Gasteiger partial charge >= 0.3 is 0 Å². The fourth-order valence-corrected chi connectivity index (χ4v) is 1.30. The van der Waals surface area contributed by atoms with Crippen LogP contribution < -0.4 is 4.74 Å². The number of rotatable bonds is 2. The van der Waals surface area contributed by atoms with Gasteiger partial charge in [0, 0.05) is 6.07 Å². The van der Waals surface area contributed by atoms with Crippen molar-refractivity contribution in [3.8, 4) is 28.7 Å². The van der Waals surface area contributed by atoms with Crippen LogP contribution in [0, 0.1) is 10.1 Å². The van der Waals surface area contributed by atoms with E-state index >= 15 is 0 Å². The average Bonchev–Trinajstić information content (AvgIpc) is 2.45. The smallest absolute Gasteiger partial charge is 0.273 e. The van der Waals surface area contributed by atoms with Crippen molar-refractivity contribution in [2.45, 2.75) is 0 Å². The van der Waals surface area contributed by atoms with E-state index in [2.05, 4.69) is 0 Å². The van der Waals surface area contributed by atoms with Crippen LogP contribution in [0.25, 0.3) is 0 Å². The van der Waals surface area contributed by atoms with Crippen LogP contribution in [0.3, 0.4) is 0 Å². The Bertz CT molecular complexity index is 642. The van der Waals surface area contributed by atoms with Gasteiger partial charge in [-0.25, -0.2) is 0 Å². The zero-order valence-electron chi connectivity index (χ0n) is 10.9. The first-order valence-corrected chi connectivity index (χ1v) is 5.58. The van der Waals surface area contributed by atoms with Crippen LogP contribution in [0.2, 0.25) is 0 Å². The molecule has 2 rings (SSSR count). The number of aromatic hydroxyl groups is 4. The Hall–Kier alpha value is -3.16. The largest absolute Gasteiger partial charge is 0.504 e. The maximum Gasteiger partial charge on any atom is 0.273 e. The van der Waals surface area contributed by atoms with Gasteiger partial charge in [-0.05, 0) is 18.2 Å². The van der Waals surface area contributed by atoms with Crippen LogP contribution in [0.15, 0.2) is 36.4 Å². The maximum atomic E-state index is 10.1. The molecule has 0 amide bonds. The monoisotopic (exact) mass is 295 g/mol. The molecule has 4 N–H and O–H groups in total. The first-order chi connectivity index (χ1) is 9.86. The van der Waals surface area contributed by atoms with Crippen LogP contribution >= 0.6 is 0 Å². The number of phenols is 4. The molecule has 0 fully saturated rings. The van der Waals surface area contributed by atoms with Gasteiger partial charge in [0.05, 0.1) is 18.1 Å². The number of methoxy groups -OCH3 is 1. The summed E-state index contributed by atoms with van der Waals surface area (Å²) >= 11 is 0. The number of phenolic OH excluding ortho intramolecular Hbond substituents is 4. The van der Waals surface area contributed by atoms with Gasteiger partial charge in [-0.3, -0.25) is 10.1 Å². The Morgan fingerprint density at radius 1 is 1.00 bits per heavy atom. The third kappa shape index (κ3) is 4.16. The molecule has 0 aliphatic carbocycles. The molecule has 0 heterocycles. The van der Waals surface area contributed by atoms with Crippen molar-refractivity contribution in [2.24, 2.45) is 0 Å². The molecule has 21 heavy (non-hydrogen) atoms. The zero-order valence-corrected chi connectivity index (χ0v) is 10.9. The van der Waals surface area contributed by atoms with Crippen molar-refractivity contribution in [1.82, 2.24) is 0 Å². The summed E-state index contributed by atoms with van der Waals surface area (Å²) in [6, 6.07) is 7.60. The van der Waals surface area contributed by atoms with Crippen LogP contribution in [0.5, 0.6) is 28.7 Å². The molecule has 0 saturated heterocycles. The quantitative estimate of drug-likeness (QED) is 0.378. The Morgan fingerprint density at radius 2 is 1.67 bits per heavy atom. The van der Waals surface area contributed by atoms with Gasteiger partial charge in [0.2, 0.25) is 0 Å². The van der Waals surface area contributed by atoms with E-state index < -0.39 is 10.7 Å². The minimum Gasteiger partial charge on any atom is -0.504 e. The fourth-order valence-electron chi connectivity index (χ4n) is 1.30. The van der Waals surface area contributed by atoms with E-state index in [0.29, 0.717) is 0 Å². The molecule has 0 radical (unpaired) electrons. The molecule has 8 heteroatoms. The highest BCUT2D eigenvalue weighted by molar-refractivity contribution is 5.48. The first-order valence-electron chi connectivity index (χ1n) is 5.58. The van der Waals surface area contributed by atoms with Crippen LogP contribution in [-0.4, -0.2) is 32.5 Å². The molecule has 112 valence electrons. The number of nitro benzene ring substituents is 1. The third-order valence-electron chi connectivity index (χ3n) is 2.37. The summed E-state index contributed by atoms with van der Waals surface area (Å²) in [5, 5.41) is 45.5. The number of para-hydroxylation sites is 1. The molecular formula is C13H13NO7. The molecule has 2 aromatic rings. The topological polar surface area (TPSA) is 133 Å². The Kier molecular flexibility index (Phi) is 5.18. The summed E-state index contributed by atoms with van der Waals surface area (Å²) in [5.41, 5.74) is -0.250. The minimum atomic E-state index is -0.654. The van der Waals surface area contributed by atoms with Crippen LogP contribution in [-0.2, 0) is 0 Å². The highest BCUT2D eigenvalue weighted by Crippen LogP contribution is 2.33. The minimum absolute atomic E-state index is 0.167. The SMILES string of the molecule is COc1cccc(O)c1O.O=[N+]([O-])c1ccc(O)c(O)c1. The number of benzene rings is 2. The molecule has 0 aliphatic heterocycles. The molecule has 0 atom stereocenters. The van der Waals surface area contributed by atoms with Gasteiger partial charge in [-0.15, -0.1) is 0 Å². The van der Waals surface area contributed by atoms with Gasteiger partial charge in [0.25, 0.3) is 5.69 Å². The molecular weight excluding hydrogens is 282 g/mol. The lowest BCUT2D eigenvalue weighted by Gasteiger charge is -2.02. The molecule has 0 saturated carbocycles. The van der Waals surface area contributed by atoms with Crippen LogP contribution in [0.1, 0.15) is 0 Å². The Labute approximate surface area is 119 Å². The van der Waals surface area contributed by atoms with Gasteiger partial charge in [-0.2, -0.15) is 0 Å². The molecule has 2 aromatic carbocycles. The highest BCUT2D eigenvalue weighted by Gasteiger charge is 2.08. The standard InChI is InChI=1S/C7H8O3.C6H5NO4/c1-10-6-4-2-3-5(8)7(6)9;8-5-2-1-4(7(10)11)3-6(5)9/h2-4,8-9H,1H3;1-3,8-9H. The average molecular weight is 295 g/mol. The molecule has 0 unspecified atom stereocenters. The van der Waals surface area contributed by atoms with Crippen molar-refractivity contribution in [3.63, 3.8) is 0 Å². The van der Waals surface area contributed by atoms with E-state index in [1.807, 2.05) is 0 Å². The zero-order chi connectivity index (χ0) is 16.0. The molecule has 0 bridgehead atoms. The number of hydrogen-bond donors (Lipinski definition) is 4. The van der Waals surface area contributed by atoms with Gasteiger partial charge in [0.15, 0.2) is 28.7 Å². The van der Waals surface area contributed by atoms with E-state index in [9.17, 15) is 10.1 Å². The summed E-state index contributed by atoms with van der Waals surface area (Å²) in [7, 11) is 1.43. The lowest BCUT2D eigenvalue weighted by molar-refractivity contribution is -0.385. The number of non-ortho nitro benzene ring substituents is 1. The lowest BCUT2D eigenvalue weighted by atomic mass is 10.3. The van der Waals surface area contributed by atoms with E-state index in [-0.39, 0.29) is 28.7 Å². The van der Waals surface area contributed by atoms with E-state index in [0.717, 1.165) is 18.2 Å². The van der Waals surface area contributed by atoms with Crippen molar-refractivity contribution < 1.29 is 30.1 Å². The predicted molar refractivity (Wildman–Crippen MR) is 72.7 cm³/mol. The van der Waals surface area contributed by atoms with Gasteiger partial charge in [-0.1, -0.05) is 6.07 Å². The van der Waals surface area contributed by atoms with E-state index in [1.54, 1.807) is 12.1 Å². The normalized spacial score (nSPS) is 9.38. The summed E-state index contributed by atoms with van der Waals surface area (Å²) in [6.45, 7) is 0. The van der Waals surface area contributed by atoms with E-state index in [1.165, 1.54) is 13.2 Å². The Morgan fingerprint density at radius 3 is 2.14 bits per heavy atom. The molecule has 0 spiro atoms. The Balaban J connectivity index is 0.000000211. The van der Waals surface area contributed by atoms with Crippen molar-refractivity contribution in [1.29, 1.82) is 0 Å². The number of hydrogen-bond acceptors (Lipinski definition) is 7. The maximum absolute atomic E-state index is 10.1. The van der Waals surface area contributed by atoms with Gasteiger partial charge < -0.3 is 25.2 Å². The molecule has 8 nitrogen and oxygen atoms in total. The second-order valence-corrected chi connectivity index (χ2v) is 3.76. The number of nitro groups is 1. The van der Waals surface area contributed by atoms with Crippen molar-refractivity contribution in [2.75, 3.05) is 7.11 Å². The van der Waals surface area contributed by atoms with Crippen molar-refractivity contribution in [3.05, 3.63) is 46.5 Å². The molecule has 0 aliphatic rings. The second-order valence-electron chi connectivity index (χ2n) is 3.76. The summed E-state index contributed by atoms with van der Waals surface area (Å²) in [6.07, 6.45) is 0. The second kappa shape index (κ2) is 6.85. The highest BCUT2D eigenvalue weighted by atomic mass is 16.6.